The first kappa shape index (κ1) is 30.0. The molecular weight excluding hydrogens is 534 g/mol. The molecule has 12 heteroatoms. The van der Waals surface area contributed by atoms with Gasteiger partial charge in [-0.05, 0) is 76.6 Å². The number of hydrogen-bond donors (Lipinski definition) is 5. The second-order valence-corrected chi connectivity index (χ2v) is 11.1. The van der Waals surface area contributed by atoms with Gasteiger partial charge in [-0.2, -0.15) is 0 Å². The maximum absolute atomic E-state index is 13.7. The van der Waals surface area contributed by atoms with Crippen LogP contribution in [0, 0.1) is 11.8 Å². The maximum Gasteiger partial charge on any atom is 0.330 e. The Labute approximate surface area is 237 Å². The Morgan fingerprint density at radius 2 is 1.83 bits per heavy atom. The number of allylic oxidation sites excluding steroid dienone is 1. The third-order valence-corrected chi connectivity index (χ3v) is 8.04. The maximum atomic E-state index is 13.7. The highest BCUT2D eigenvalue weighted by molar-refractivity contribution is 6.24. The summed E-state index contributed by atoms with van der Waals surface area (Å²) in [5, 5.41) is 44.5. The molecule has 0 fully saturated rings. The van der Waals surface area contributed by atoms with Gasteiger partial charge in [0.25, 0.3) is 5.91 Å². The molecule has 12 nitrogen and oxygen atoms in total. The fraction of sp³-hybridized carbons (Fsp3) is 0.448. The van der Waals surface area contributed by atoms with Gasteiger partial charge in [-0.15, -0.1) is 0 Å². The molecule has 4 atom stereocenters. The largest absolute Gasteiger partial charge is 0.510 e. The third-order valence-electron chi connectivity index (χ3n) is 8.04. The molecular formula is C29H35N3O9. The van der Waals surface area contributed by atoms with E-state index in [1.807, 2.05) is 19.0 Å². The predicted molar refractivity (Wildman–Crippen MR) is 147 cm³/mol. The van der Waals surface area contributed by atoms with E-state index in [9.17, 15) is 39.6 Å². The summed E-state index contributed by atoms with van der Waals surface area (Å²) < 4.78 is 5.22. The lowest BCUT2D eigenvalue weighted by atomic mass is 9.58. The number of primary amides is 1. The Morgan fingerprint density at radius 1 is 1.15 bits per heavy atom. The van der Waals surface area contributed by atoms with Crippen molar-refractivity contribution in [3.05, 3.63) is 57.6 Å². The predicted octanol–water partition coefficient (Wildman–Crippen LogP) is 0.629. The van der Waals surface area contributed by atoms with Gasteiger partial charge in [-0.25, -0.2) is 4.79 Å². The number of nitrogens with zero attached hydrogens (tertiary/aromatic N) is 2. The van der Waals surface area contributed by atoms with Crippen molar-refractivity contribution >= 4 is 29.5 Å². The van der Waals surface area contributed by atoms with E-state index in [1.54, 1.807) is 20.2 Å². The smallest absolute Gasteiger partial charge is 0.330 e. The molecule has 0 saturated heterocycles. The second-order valence-electron chi connectivity index (χ2n) is 11.1. The molecule has 41 heavy (non-hydrogen) atoms. The van der Waals surface area contributed by atoms with Crippen LogP contribution in [-0.2, 0) is 25.5 Å². The number of ether oxygens (including phenoxy) is 1. The number of phenolic OH excluding ortho intramolecular Hbond substituents is 1. The van der Waals surface area contributed by atoms with Crippen molar-refractivity contribution in [3.8, 4) is 5.75 Å². The van der Waals surface area contributed by atoms with Crippen LogP contribution in [0.3, 0.4) is 0 Å². The fourth-order valence-corrected chi connectivity index (χ4v) is 6.19. The fourth-order valence-electron chi connectivity index (χ4n) is 6.19. The molecule has 4 rings (SSSR count). The lowest BCUT2D eigenvalue weighted by molar-refractivity contribution is -0.148. The normalized spacial score (nSPS) is 26.0. The highest BCUT2D eigenvalue weighted by Crippen LogP contribution is 2.52. The molecule has 0 radical (unpaired) electrons. The number of phenols is 1. The number of nitrogens with two attached hydrogens (primary N) is 1. The van der Waals surface area contributed by atoms with E-state index < -0.39 is 64.0 Å². The first-order chi connectivity index (χ1) is 19.2. The molecule has 3 aliphatic rings. The van der Waals surface area contributed by atoms with Crippen LogP contribution in [0.5, 0.6) is 5.75 Å². The minimum absolute atomic E-state index is 0.0293. The van der Waals surface area contributed by atoms with Crippen molar-refractivity contribution in [2.75, 3.05) is 41.3 Å². The third kappa shape index (κ3) is 5.03. The Balaban J connectivity index is 1.74. The van der Waals surface area contributed by atoms with Crippen LogP contribution in [0.25, 0.3) is 6.08 Å². The van der Waals surface area contributed by atoms with E-state index >= 15 is 0 Å². The van der Waals surface area contributed by atoms with Gasteiger partial charge in [-0.1, -0.05) is 6.07 Å². The first-order valence-electron chi connectivity index (χ1n) is 13.2. The van der Waals surface area contributed by atoms with Gasteiger partial charge in [0.1, 0.15) is 22.8 Å². The minimum Gasteiger partial charge on any atom is -0.510 e. The molecule has 0 unspecified atom stereocenters. The van der Waals surface area contributed by atoms with Crippen LogP contribution in [0.1, 0.15) is 34.3 Å². The first-order valence-corrected chi connectivity index (χ1v) is 13.2. The monoisotopic (exact) mass is 569 g/mol. The van der Waals surface area contributed by atoms with E-state index in [0.29, 0.717) is 17.5 Å². The zero-order chi connectivity index (χ0) is 30.4. The Hall–Kier alpha value is -4.00. The van der Waals surface area contributed by atoms with Gasteiger partial charge in [0.05, 0.1) is 18.2 Å². The molecule has 220 valence electrons. The number of esters is 1. The van der Waals surface area contributed by atoms with Crippen LogP contribution in [0.2, 0.25) is 0 Å². The molecule has 6 N–H and O–H groups in total. The van der Waals surface area contributed by atoms with E-state index in [-0.39, 0.29) is 36.3 Å². The summed E-state index contributed by atoms with van der Waals surface area (Å²) in [6.07, 6.45) is 3.45. The van der Waals surface area contributed by atoms with Gasteiger partial charge in [0, 0.05) is 24.1 Å². The van der Waals surface area contributed by atoms with Gasteiger partial charge in [0.15, 0.2) is 11.4 Å². The number of Topliss-reactive ketones (excluding diaryl/α,β-unsaturated/α-hetero) is 2. The summed E-state index contributed by atoms with van der Waals surface area (Å²) in [6.45, 7) is 0.986. The number of amides is 1. The molecule has 0 aliphatic heterocycles. The zero-order valence-electron chi connectivity index (χ0n) is 23.4. The highest BCUT2D eigenvalue weighted by Gasteiger charge is 2.63. The summed E-state index contributed by atoms with van der Waals surface area (Å²) in [7, 11) is 6.95. The zero-order valence-corrected chi connectivity index (χ0v) is 23.4. The molecule has 1 aromatic carbocycles. The van der Waals surface area contributed by atoms with Crippen molar-refractivity contribution < 1.29 is 44.3 Å². The van der Waals surface area contributed by atoms with E-state index in [1.165, 1.54) is 23.1 Å². The molecule has 0 spiro atoms. The molecule has 0 heterocycles. The number of carbonyl (C=O) groups excluding carboxylic acids is 4. The molecule has 3 aliphatic carbocycles. The van der Waals surface area contributed by atoms with E-state index in [0.717, 1.165) is 6.54 Å². The topological polar surface area (TPSA) is 191 Å². The number of likely N-dealkylation sites (N-methyl/N-ethyl adjacent to an activating group) is 1. The van der Waals surface area contributed by atoms with Crippen LogP contribution in [0.15, 0.2) is 40.9 Å². The Kier molecular flexibility index (Phi) is 8.12. The van der Waals surface area contributed by atoms with E-state index in [2.05, 4.69) is 0 Å². The van der Waals surface area contributed by atoms with Crippen molar-refractivity contribution in [2.45, 2.75) is 30.9 Å². The summed E-state index contributed by atoms with van der Waals surface area (Å²) in [5.74, 6) is -7.73. The molecule has 1 aromatic rings. The van der Waals surface area contributed by atoms with Crippen LogP contribution >= 0.6 is 0 Å². The quantitative estimate of drug-likeness (QED) is 0.128. The van der Waals surface area contributed by atoms with E-state index in [4.69, 9.17) is 10.5 Å². The number of benzene rings is 1. The molecule has 1 amide bonds. The van der Waals surface area contributed by atoms with Crippen molar-refractivity contribution in [1.29, 1.82) is 0 Å². The lowest BCUT2D eigenvalue weighted by Gasteiger charge is -2.50. The van der Waals surface area contributed by atoms with Crippen molar-refractivity contribution in [3.63, 3.8) is 0 Å². The standard InChI is InChI=1S/C29H35N3O9/c1-31(2)10-5-11-41-19(34)9-7-14-6-8-18(33)21-16(14)12-15-13-17-23(32(3)4)25(36)22(28(30)39)27(38)29(17,40)26(37)20(15)24(21)35/h6-9,15,17,23,33,36-37,40H,5,10-13H2,1-4H3,(H2,30,39)/b9-7+/t15-,17-,23+,29-/m0/s1. The van der Waals surface area contributed by atoms with Crippen LogP contribution < -0.4 is 5.73 Å². The van der Waals surface area contributed by atoms with Gasteiger partial charge in [0.2, 0.25) is 5.78 Å². The number of hydrogen-bond acceptors (Lipinski definition) is 11. The number of aromatic hydroxyl groups is 1. The SMILES string of the molecule is CN(C)CCCOC(=O)/C=C/c1ccc(O)c2c1C[C@H]1C[C@H]3[C@@H](N(C)C)C(O)=C(C(N)=O)C(=O)[C@@]3(O)C(O)=C1C2=O. The summed E-state index contributed by atoms with van der Waals surface area (Å²) in [4.78, 5) is 54.9. The number of aliphatic hydroxyl groups is 3. The summed E-state index contributed by atoms with van der Waals surface area (Å²) in [6, 6.07) is 1.74. The van der Waals surface area contributed by atoms with Gasteiger partial charge < -0.3 is 35.8 Å². The average molecular weight is 570 g/mol. The highest BCUT2D eigenvalue weighted by atomic mass is 16.5. The second kappa shape index (κ2) is 11.1. The van der Waals surface area contributed by atoms with Crippen LogP contribution in [0.4, 0.5) is 0 Å². The van der Waals surface area contributed by atoms with Gasteiger partial charge >= 0.3 is 5.97 Å². The number of fused-ring (bicyclic) bond motifs is 3. The number of aliphatic hydroxyl groups excluding tert-OH is 2. The minimum atomic E-state index is -2.70. The Bertz CT molecular complexity index is 1410. The number of rotatable bonds is 8. The van der Waals surface area contributed by atoms with Gasteiger partial charge in [-0.3, -0.25) is 19.3 Å². The number of carbonyl (C=O) groups is 4. The number of ketones is 2. The lowest BCUT2D eigenvalue weighted by Crippen LogP contribution is -2.63. The van der Waals surface area contributed by atoms with Crippen LogP contribution in [-0.4, -0.2) is 107 Å². The van der Waals surface area contributed by atoms with Crippen molar-refractivity contribution in [2.24, 2.45) is 17.6 Å². The molecule has 0 saturated carbocycles. The average Bonchev–Trinajstić information content (AvgIpc) is 2.87. The Morgan fingerprint density at radius 3 is 2.44 bits per heavy atom. The molecule has 0 bridgehead atoms. The summed E-state index contributed by atoms with van der Waals surface area (Å²) >= 11 is 0. The summed E-state index contributed by atoms with van der Waals surface area (Å²) in [5.41, 5.74) is 2.29. The molecule has 0 aromatic heterocycles. The van der Waals surface area contributed by atoms with Crippen molar-refractivity contribution in [1.82, 2.24) is 9.80 Å².